The molecule has 3 rings (SSSR count). The van der Waals surface area contributed by atoms with Crippen molar-refractivity contribution in [3.8, 4) is 11.1 Å². The summed E-state index contributed by atoms with van der Waals surface area (Å²) in [4.78, 5) is 0. The van der Waals surface area contributed by atoms with E-state index in [2.05, 4.69) is 10.4 Å². The van der Waals surface area contributed by atoms with E-state index < -0.39 is 0 Å². The van der Waals surface area contributed by atoms with Crippen LogP contribution < -0.4 is 5.32 Å². The Bertz CT molecular complexity index is 573. The van der Waals surface area contributed by atoms with Crippen molar-refractivity contribution in [3.05, 3.63) is 42.0 Å². The van der Waals surface area contributed by atoms with Gasteiger partial charge in [0.1, 0.15) is 5.82 Å². The largest absolute Gasteiger partial charge is 0.310 e. The molecule has 4 heteroatoms. The lowest BCUT2D eigenvalue weighted by molar-refractivity contribution is 0.587. The lowest BCUT2D eigenvalue weighted by atomic mass is 10.1. The zero-order valence-corrected chi connectivity index (χ0v) is 11.1. The van der Waals surface area contributed by atoms with Gasteiger partial charge in [0.15, 0.2) is 0 Å². The molecule has 1 aromatic carbocycles. The quantitative estimate of drug-likeness (QED) is 0.894. The molecule has 0 spiro atoms. The number of aromatic nitrogens is 2. The molecule has 0 atom stereocenters. The third kappa shape index (κ3) is 2.84. The smallest absolute Gasteiger partial charge is 0.128 e. The van der Waals surface area contributed by atoms with Crippen molar-refractivity contribution in [2.45, 2.75) is 38.9 Å². The molecule has 1 aliphatic rings. The molecular weight excluding hydrogens is 241 g/mol. The van der Waals surface area contributed by atoms with Gasteiger partial charge in [-0.1, -0.05) is 12.1 Å². The fourth-order valence-electron chi connectivity index (χ4n) is 2.10. The predicted octanol–water partition coefficient (Wildman–Crippen LogP) is 2.96. The van der Waals surface area contributed by atoms with Gasteiger partial charge in [0, 0.05) is 36.5 Å². The topological polar surface area (TPSA) is 29.9 Å². The minimum absolute atomic E-state index is 0.144. The maximum atomic E-state index is 14.0. The first kappa shape index (κ1) is 12.4. The summed E-state index contributed by atoms with van der Waals surface area (Å²) in [5, 5.41) is 7.54. The second-order valence-corrected chi connectivity index (χ2v) is 5.05. The van der Waals surface area contributed by atoms with Gasteiger partial charge >= 0.3 is 0 Å². The van der Waals surface area contributed by atoms with Gasteiger partial charge in [-0.3, -0.25) is 4.68 Å². The van der Waals surface area contributed by atoms with Crippen LogP contribution in [-0.2, 0) is 13.1 Å². The van der Waals surface area contributed by atoms with E-state index >= 15 is 0 Å². The summed E-state index contributed by atoms with van der Waals surface area (Å²) in [5.74, 6) is -0.144. The molecule has 1 fully saturated rings. The Morgan fingerprint density at radius 1 is 1.37 bits per heavy atom. The Morgan fingerprint density at radius 2 is 2.21 bits per heavy atom. The highest BCUT2D eigenvalue weighted by Gasteiger charge is 2.20. The van der Waals surface area contributed by atoms with Gasteiger partial charge in [0.05, 0.1) is 6.20 Å². The first-order valence-electron chi connectivity index (χ1n) is 6.81. The Labute approximate surface area is 112 Å². The van der Waals surface area contributed by atoms with E-state index in [1.165, 1.54) is 12.8 Å². The fraction of sp³-hybridized carbons (Fsp3) is 0.400. The van der Waals surface area contributed by atoms with Crippen LogP contribution in [0.5, 0.6) is 0 Å². The predicted molar refractivity (Wildman–Crippen MR) is 73.2 cm³/mol. The van der Waals surface area contributed by atoms with Gasteiger partial charge in [-0.2, -0.15) is 5.10 Å². The number of nitrogens with one attached hydrogen (secondary N) is 1. The van der Waals surface area contributed by atoms with Gasteiger partial charge in [-0.25, -0.2) is 4.39 Å². The van der Waals surface area contributed by atoms with E-state index in [0.29, 0.717) is 12.6 Å². The summed E-state index contributed by atoms with van der Waals surface area (Å²) >= 11 is 0. The first-order chi connectivity index (χ1) is 9.26. The first-order valence-corrected chi connectivity index (χ1v) is 6.81. The van der Waals surface area contributed by atoms with Crippen molar-refractivity contribution in [1.29, 1.82) is 0 Å². The normalized spacial score (nSPS) is 14.8. The van der Waals surface area contributed by atoms with Gasteiger partial charge < -0.3 is 5.32 Å². The second-order valence-electron chi connectivity index (χ2n) is 5.05. The maximum absolute atomic E-state index is 14.0. The van der Waals surface area contributed by atoms with E-state index in [1.807, 2.05) is 29.9 Å². The third-order valence-electron chi connectivity index (χ3n) is 3.50. The molecule has 1 N–H and O–H groups in total. The van der Waals surface area contributed by atoms with Crippen molar-refractivity contribution in [1.82, 2.24) is 15.1 Å². The maximum Gasteiger partial charge on any atom is 0.128 e. The molecule has 0 aliphatic heterocycles. The summed E-state index contributed by atoms with van der Waals surface area (Å²) in [6.07, 6.45) is 6.16. The van der Waals surface area contributed by atoms with E-state index in [4.69, 9.17) is 0 Å². The highest BCUT2D eigenvalue weighted by Crippen LogP contribution is 2.23. The number of hydrogen-bond donors (Lipinski definition) is 1. The molecule has 1 heterocycles. The molecule has 2 aromatic rings. The van der Waals surface area contributed by atoms with E-state index in [9.17, 15) is 4.39 Å². The minimum Gasteiger partial charge on any atom is -0.310 e. The summed E-state index contributed by atoms with van der Waals surface area (Å²) in [5.41, 5.74) is 2.58. The highest BCUT2D eigenvalue weighted by atomic mass is 19.1. The van der Waals surface area contributed by atoms with Crippen molar-refractivity contribution in [3.63, 3.8) is 0 Å². The van der Waals surface area contributed by atoms with Crippen LogP contribution in [-0.4, -0.2) is 15.8 Å². The highest BCUT2D eigenvalue weighted by molar-refractivity contribution is 5.62. The van der Waals surface area contributed by atoms with Crippen molar-refractivity contribution < 1.29 is 4.39 Å². The van der Waals surface area contributed by atoms with Crippen molar-refractivity contribution >= 4 is 0 Å². The number of halogens is 1. The van der Waals surface area contributed by atoms with E-state index in [-0.39, 0.29) is 5.82 Å². The van der Waals surface area contributed by atoms with Crippen LogP contribution in [0.2, 0.25) is 0 Å². The van der Waals surface area contributed by atoms with Crippen LogP contribution in [0.3, 0.4) is 0 Å². The van der Waals surface area contributed by atoms with Crippen LogP contribution in [0.4, 0.5) is 4.39 Å². The van der Waals surface area contributed by atoms with E-state index in [0.717, 1.165) is 23.2 Å². The number of nitrogens with zero attached hydrogens (tertiary/aromatic N) is 2. The minimum atomic E-state index is -0.144. The molecule has 1 saturated carbocycles. The second kappa shape index (κ2) is 5.13. The summed E-state index contributed by atoms with van der Waals surface area (Å²) < 4.78 is 15.9. The van der Waals surface area contributed by atoms with Gasteiger partial charge in [-0.05, 0) is 31.4 Å². The SMILES string of the molecule is CCn1cc(-c2ccc(CNC3CC3)c(F)c2)cn1. The summed E-state index contributed by atoms with van der Waals surface area (Å²) in [7, 11) is 0. The third-order valence-corrected chi connectivity index (χ3v) is 3.50. The molecule has 0 unspecified atom stereocenters. The van der Waals surface area contributed by atoms with Crippen LogP contribution in [0.1, 0.15) is 25.3 Å². The Balaban J connectivity index is 1.77. The van der Waals surface area contributed by atoms with Crippen LogP contribution in [0.15, 0.2) is 30.6 Å². The average Bonchev–Trinajstić information content (AvgIpc) is 3.12. The molecule has 1 aliphatic carbocycles. The van der Waals surface area contributed by atoms with Gasteiger partial charge in [0.25, 0.3) is 0 Å². The Hall–Kier alpha value is -1.68. The van der Waals surface area contributed by atoms with E-state index in [1.54, 1.807) is 12.3 Å². The number of benzene rings is 1. The lowest BCUT2D eigenvalue weighted by Gasteiger charge is -2.06. The Morgan fingerprint density at radius 3 is 2.84 bits per heavy atom. The molecule has 1 aromatic heterocycles. The molecule has 100 valence electrons. The van der Waals surface area contributed by atoms with Crippen LogP contribution in [0.25, 0.3) is 11.1 Å². The molecular formula is C15H18FN3. The molecule has 0 saturated heterocycles. The number of rotatable bonds is 5. The molecule has 3 nitrogen and oxygen atoms in total. The summed E-state index contributed by atoms with van der Waals surface area (Å²) in [6.45, 7) is 3.47. The number of aryl methyl sites for hydroxylation is 1. The fourth-order valence-corrected chi connectivity index (χ4v) is 2.10. The van der Waals surface area contributed by atoms with Crippen LogP contribution >= 0.6 is 0 Å². The molecule has 0 bridgehead atoms. The zero-order chi connectivity index (χ0) is 13.2. The van der Waals surface area contributed by atoms with Crippen molar-refractivity contribution in [2.75, 3.05) is 0 Å². The monoisotopic (exact) mass is 259 g/mol. The summed E-state index contributed by atoms with van der Waals surface area (Å²) in [6, 6.07) is 6.02. The zero-order valence-electron chi connectivity index (χ0n) is 11.1. The van der Waals surface area contributed by atoms with Crippen molar-refractivity contribution in [2.24, 2.45) is 0 Å². The molecule has 0 radical (unpaired) electrons. The lowest BCUT2D eigenvalue weighted by Crippen LogP contribution is -2.16. The Kier molecular flexibility index (Phi) is 3.34. The average molecular weight is 259 g/mol. The molecule has 0 amide bonds. The molecule has 19 heavy (non-hydrogen) atoms. The standard InChI is InChI=1S/C15H18FN3/c1-2-19-10-13(9-18-19)11-3-4-12(15(16)7-11)8-17-14-5-6-14/h3-4,7,9-10,14,17H,2,5-6,8H2,1H3. The van der Waals surface area contributed by atoms with Gasteiger partial charge in [-0.15, -0.1) is 0 Å². The van der Waals surface area contributed by atoms with Gasteiger partial charge in [0.2, 0.25) is 0 Å². The van der Waals surface area contributed by atoms with Crippen LogP contribution in [0, 0.1) is 5.82 Å². The number of hydrogen-bond acceptors (Lipinski definition) is 2.